The molecule has 1 N–H and O–H groups in total. The number of aryl methyl sites for hydroxylation is 1. The minimum Gasteiger partial charge on any atom is -0.477 e. The Morgan fingerprint density at radius 2 is 2.12 bits per heavy atom. The predicted octanol–water partition coefficient (Wildman–Crippen LogP) is 2.22. The van der Waals surface area contributed by atoms with Crippen molar-refractivity contribution >= 4 is 5.97 Å². The van der Waals surface area contributed by atoms with E-state index in [0.717, 1.165) is 5.56 Å². The molecule has 0 aliphatic rings. The molecule has 1 heterocycles. The summed E-state index contributed by atoms with van der Waals surface area (Å²) in [5.74, 6) is -0.363. The van der Waals surface area contributed by atoms with Gasteiger partial charge < -0.3 is 9.84 Å². The smallest absolute Gasteiger partial charge is 0.354 e. The molecule has 5 nitrogen and oxygen atoms in total. The van der Waals surface area contributed by atoms with Crippen LogP contribution in [-0.2, 0) is 7.05 Å². The Kier molecular flexibility index (Phi) is 2.82. The highest BCUT2D eigenvalue weighted by Gasteiger charge is 2.14. The number of carbonyl (C=O) groups is 1. The van der Waals surface area contributed by atoms with Gasteiger partial charge in [0.2, 0.25) is 0 Å². The summed E-state index contributed by atoms with van der Waals surface area (Å²) in [5.41, 5.74) is 1.06. The fourth-order valence-corrected chi connectivity index (χ4v) is 1.46. The molecule has 2 rings (SSSR count). The van der Waals surface area contributed by atoms with Gasteiger partial charge >= 0.3 is 12.0 Å². The van der Waals surface area contributed by atoms with Crippen molar-refractivity contribution in [2.24, 2.45) is 7.05 Å². The van der Waals surface area contributed by atoms with Crippen molar-refractivity contribution < 1.29 is 14.6 Å². The normalized spacial score (nSPS) is 10.2. The molecule has 0 fully saturated rings. The number of ether oxygens (including phenoxy) is 1. The Morgan fingerprint density at radius 1 is 1.41 bits per heavy atom. The van der Waals surface area contributed by atoms with Gasteiger partial charge in [0.25, 0.3) is 0 Å². The summed E-state index contributed by atoms with van der Waals surface area (Å²) in [6.45, 7) is 1.91. The lowest BCUT2D eigenvalue weighted by atomic mass is 10.2. The molecule has 0 amide bonds. The minimum atomic E-state index is -1.03. The molecular formula is C12H12N2O3. The first-order chi connectivity index (χ1) is 8.09. The molecule has 0 saturated carbocycles. The molecule has 0 spiro atoms. The highest BCUT2D eigenvalue weighted by molar-refractivity contribution is 5.85. The molecular weight excluding hydrogens is 220 g/mol. The lowest BCUT2D eigenvalue weighted by Crippen LogP contribution is -2.05. The van der Waals surface area contributed by atoms with E-state index >= 15 is 0 Å². The molecule has 1 aromatic heterocycles. The minimum absolute atomic E-state index is 0.0913. The number of imidazole rings is 1. The van der Waals surface area contributed by atoms with Crippen molar-refractivity contribution in [3.05, 3.63) is 41.7 Å². The molecule has 5 heteroatoms. The maximum atomic E-state index is 10.8. The molecule has 0 bridgehead atoms. The van der Waals surface area contributed by atoms with Crippen LogP contribution in [-0.4, -0.2) is 20.6 Å². The van der Waals surface area contributed by atoms with Gasteiger partial charge in [-0.2, -0.15) is 0 Å². The average molecular weight is 232 g/mol. The van der Waals surface area contributed by atoms with Crippen LogP contribution in [0.5, 0.6) is 11.8 Å². The molecule has 0 aliphatic carbocycles. The second-order valence-electron chi connectivity index (χ2n) is 3.66. The fourth-order valence-electron chi connectivity index (χ4n) is 1.46. The number of benzene rings is 1. The molecule has 0 unspecified atom stereocenters. The van der Waals surface area contributed by atoms with Crippen LogP contribution in [0.3, 0.4) is 0 Å². The zero-order chi connectivity index (χ0) is 12.4. The van der Waals surface area contributed by atoms with E-state index in [1.165, 1.54) is 10.8 Å². The van der Waals surface area contributed by atoms with E-state index in [9.17, 15) is 4.79 Å². The number of rotatable bonds is 3. The highest BCUT2D eigenvalue weighted by atomic mass is 16.5. The van der Waals surface area contributed by atoms with Crippen LogP contribution in [0.25, 0.3) is 0 Å². The molecule has 2 aromatic rings. The van der Waals surface area contributed by atoms with Gasteiger partial charge in [-0.25, -0.2) is 9.78 Å². The summed E-state index contributed by atoms with van der Waals surface area (Å²) in [7, 11) is 1.60. The van der Waals surface area contributed by atoms with E-state index in [-0.39, 0.29) is 11.7 Å². The van der Waals surface area contributed by atoms with Gasteiger partial charge in [0.1, 0.15) is 11.4 Å². The maximum absolute atomic E-state index is 10.8. The third-order valence-corrected chi connectivity index (χ3v) is 2.46. The van der Waals surface area contributed by atoms with E-state index in [1.807, 2.05) is 31.2 Å². The Morgan fingerprint density at radius 3 is 2.71 bits per heavy atom. The predicted molar refractivity (Wildman–Crippen MR) is 61.4 cm³/mol. The van der Waals surface area contributed by atoms with Crippen LogP contribution < -0.4 is 4.74 Å². The highest BCUT2D eigenvalue weighted by Crippen LogP contribution is 2.23. The molecule has 0 saturated heterocycles. The summed E-state index contributed by atoms with van der Waals surface area (Å²) < 4.78 is 6.96. The van der Waals surface area contributed by atoms with Crippen LogP contribution in [0.15, 0.2) is 30.5 Å². The monoisotopic (exact) mass is 232 g/mol. The third-order valence-electron chi connectivity index (χ3n) is 2.46. The van der Waals surface area contributed by atoms with Crippen molar-refractivity contribution in [1.82, 2.24) is 9.55 Å². The van der Waals surface area contributed by atoms with Gasteiger partial charge in [0.15, 0.2) is 0 Å². The summed E-state index contributed by atoms with van der Waals surface area (Å²) >= 11 is 0. The van der Waals surface area contributed by atoms with E-state index in [4.69, 9.17) is 9.84 Å². The number of aromatic nitrogens is 2. The number of carboxylic acids is 1. The van der Waals surface area contributed by atoms with E-state index < -0.39 is 5.97 Å². The summed E-state index contributed by atoms with van der Waals surface area (Å²) in [4.78, 5) is 14.8. The number of hydrogen-bond donors (Lipinski definition) is 1. The number of para-hydroxylation sites is 1. The van der Waals surface area contributed by atoms with Gasteiger partial charge in [0.05, 0.1) is 6.20 Å². The Hall–Kier alpha value is -2.30. The molecule has 17 heavy (non-hydrogen) atoms. The first-order valence-corrected chi connectivity index (χ1v) is 5.08. The molecule has 0 atom stereocenters. The number of hydrogen-bond acceptors (Lipinski definition) is 3. The lowest BCUT2D eigenvalue weighted by Gasteiger charge is -2.07. The summed E-state index contributed by atoms with van der Waals surface area (Å²) in [6.07, 6.45) is 1.27. The number of aromatic carboxylic acids is 1. The standard InChI is InChI=1S/C12H12N2O3/c1-8-5-3-4-6-10(8)17-12-13-7-9(11(15)16)14(12)2/h3-7H,1-2H3,(H,15,16). The average Bonchev–Trinajstić information content (AvgIpc) is 2.64. The second kappa shape index (κ2) is 4.29. The topological polar surface area (TPSA) is 64.3 Å². The Balaban J connectivity index is 2.31. The molecule has 0 radical (unpaired) electrons. The van der Waals surface area contributed by atoms with Crippen molar-refractivity contribution in [2.75, 3.05) is 0 Å². The van der Waals surface area contributed by atoms with E-state index in [1.54, 1.807) is 7.05 Å². The van der Waals surface area contributed by atoms with E-state index in [0.29, 0.717) is 5.75 Å². The summed E-state index contributed by atoms with van der Waals surface area (Å²) in [6, 6.07) is 7.74. The third kappa shape index (κ3) is 2.13. The number of nitrogens with zero attached hydrogens (tertiary/aromatic N) is 2. The Bertz CT molecular complexity index is 561. The van der Waals surface area contributed by atoms with Crippen LogP contribution in [0.2, 0.25) is 0 Å². The molecule has 0 aliphatic heterocycles. The van der Waals surface area contributed by atoms with Crippen LogP contribution in [0.1, 0.15) is 16.1 Å². The zero-order valence-electron chi connectivity index (χ0n) is 9.54. The first-order valence-electron chi connectivity index (χ1n) is 5.08. The van der Waals surface area contributed by atoms with Crippen LogP contribution in [0.4, 0.5) is 0 Å². The van der Waals surface area contributed by atoms with Gasteiger partial charge in [-0.1, -0.05) is 18.2 Å². The molecule has 1 aromatic carbocycles. The van der Waals surface area contributed by atoms with Crippen LogP contribution in [0, 0.1) is 6.92 Å². The van der Waals surface area contributed by atoms with Gasteiger partial charge in [-0.05, 0) is 18.6 Å². The maximum Gasteiger partial charge on any atom is 0.354 e. The molecule has 88 valence electrons. The van der Waals surface area contributed by atoms with Gasteiger partial charge in [-0.15, -0.1) is 0 Å². The second-order valence-corrected chi connectivity index (χ2v) is 3.66. The van der Waals surface area contributed by atoms with Crippen LogP contribution >= 0.6 is 0 Å². The van der Waals surface area contributed by atoms with E-state index in [2.05, 4.69) is 4.98 Å². The summed E-state index contributed by atoms with van der Waals surface area (Å²) in [5, 5.41) is 8.88. The SMILES string of the molecule is Cc1ccccc1Oc1ncc(C(=O)O)n1C. The van der Waals surface area contributed by atoms with Crippen molar-refractivity contribution in [2.45, 2.75) is 6.92 Å². The fraction of sp³-hybridized carbons (Fsp3) is 0.167. The zero-order valence-corrected chi connectivity index (χ0v) is 9.54. The van der Waals surface area contributed by atoms with Crippen molar-refractivity contribution in [3.63, 3.8) is 0 Å². The number of carboxylic acid groups (broad SMARTS) is 1. The quantitative estimate of drug-likeness (QED) is 0.881. The van der Waals surface area contributed by atoms with Gasteiger partial charge in [0, 0.05) is 7.05 Å². The Labute approximate surface area is 98.3 Å². The van der Waals surface area contributed by atoms with Crippen molar-refractivity contribution in [1.29, 1.82) is 0 Å². The van der Waals surface area contributed by atoms with Gasteiger partial charge in [-0.3, -0.25) is 4.57 Å². The van der Waals surface area contributed by atoms with Crippen molar-refractivity contribution in [3.8, 4) is 11.8 Å². The lowest BCUT2D eigenvalue weighted by molar-refractivity contribution is 0.0685. The first kappa shape index (κ1) is 11.2. The largest absolute Gasteiger partial charge is 0.477 e.